The van der Waals surface area contributed by atoms with Gasteiger partial charge in [-0.2, -0.15) is 0 Å². The van der Waals surface area contributed by atoms with Crippen LogP contribution in [-0.2, 0) is 16.8 Å². The number of hydrogen-bond acceptors (Lipinski definition) is 6. The lowest BCUT2D eigenvalue weighted by Crippen LogP contribution is -2.64. The van der Waals surface area contributed by atoms with Crippen molar-refractivity contribution in [2.24, 2.45) is 5.92 Å². The van der Waals surface area contributed by atoms with Crippen LogP contribution in [0, 0.1) is 27.0 Å². The molecule has 4 heterocycles. The van der Waals surface area contributed by atoms with E-state index in [0.29, 0.717) is 36.8 Å². The van der Waals surface area contributed by atoms with Gasteiger partial charge in [0.1, 0.15) is 5.54 Å². The molecule has 7 nitrogen and oxygen atoms in total. The Kier molecular flexibility index (Phi) is 4.81. The van der Waals surface area contributed by atoms with Crippen molar-refractivity contribution < 1.29 is 9.18 Å². The van der Waals surface area contributed by atoms with E-state index >= 15 is 0 Å². The van der Waals surface area contributed by atoms with E-state index in [9.17, 15) is 9.18 Å². The van der Waals surface area contributed by atoms with Gasteiger partial charge in [-0.15, -0.1) is 11.3 Å². The van der Waals surface area contributed by atoms with Gasteiger partial charge in [-0.1, -0.05) is 6.92 Å². The Morgan fingerprint density at radius 3 is 2.86 bits per heavy atom. The number of aryl methyl sites for hydroxylation is 2. The highest BCUT2D eigenvalue weighted by Gasteiger charge is 2.57. The summed E-state index contributed by atoms with van der Waals surface area (Å²) >= 11 is 3.86. The predicted molar refractivity (Wildman–Crippen MR) is 114 cm³/mol. The second-order valence-electron chi connectivity index (χ2n) is 7.10. The maximum atomic E-state index is 14.2. The van der Waals surface area contributed by atoms with E-state index in [1.165, 1.54) is 4.90 Å². The third-order valence-corrected chi connectivity index (χ3v) is 7.52. The van der Waals surface area contributed by atoms with E-state index in [1.54, 1.807) is 25.3 Å². The summed E-state index contributed by atoms with van der Waals surface area (Å²) < 4.78 is 15.3. The van der Waals surface area contributed by atoms with Gasteiger partial charge in [0.25, 0.3) is 0 Å². The Balaban J connectivity index is 1.80. The van der Waals surface area contributed by atoms with Crippen LogP contribution in [0.1, 0.15) is 23.2 Å². The minimum Gasteiger partial charge on any atom is -0.343 e. The summed E-state index contributed by atoms with van der Waals surface area (Å²) in [5.41, 5.74) is -0.0332. The fourth-order valence-electron chi connectivity index (χ4n) is 3.90. The monoisotopic (exact) mass is 514 g/mol. The Morgan fingerprint density at radius 1 is 1.46 bits per heavy atom. The maximum absolute atomic E-state index is 14.2. The summed E-state index contributed by atoms with van der Waals surface area (Å²) in [6, 6.07) is 4.02. The topological polar surface area (TPSA) is 85.2 Å². The first-order valence-corrected chi connectivity index (χ1v) is 10.8. The first kappa shape index (κ1) is 19.5. The largest absolute Gasteiger partial charge is 0.343 e. The highest BCUT2D eigenvalue weighted by Crippen LogP contribution is 2.44. The van der Waals surface area contributed by atoms with E-state index < -0.39 is 5.54 Å². The maximum Gasteiger partial charge on any atom is 0.236 e. The molecule has 2 aliphatic rings. The predicted octanol–water partition coefficient (Wildman–Crippen LogP) is 2.48. The smallest absolute Gasteiger partial charge is 0.236 e. The van der Waals surface area contributed by atoms with Crippen LogP contribution >= 0.6 is 33.9 Å². The third kappa shape index (κ3) is 2.88. The normalized spacial score (nSPS) is 24.5. The van der Waals surface area contributed by atoms with Gasteiger partial charge in [-0.3, -0.25) is 15.1 Å². The Labute approximate surface area is 180 Å². The average molecular weight is 514 g/mol. The Bertz CT molecular complexity index is 981. The van der Waals surface area contributed by atoms with Crippen molar-refractivity contribution in [1.29, 1.82) is 5.41 Å². The Hall–Kier alpha value is -1.82. The molecule has 0 bridgehead atoms. The zero-order valence-corrected chi connectivity index (χ0v) is 18.7. The summed E-state index contributed by atoms with van der Waals surface area (Å²) in [6.45, 7) is 4.33. The molecule has 1 amide bonds. The second kappa shape index (κ2) is 6.90. The number of hydrogen-bond donors (Lipinski definition) is 2. The number of anilines is 1. The van der Waals surface area contributed by atoms with Gasteiger partial charge in [-0.05, 0) is 48.1 Å². The molecule has 2 atom stereocenters. The fraction of sp³-hybridized carbons (Fsp3) is 0.444. The van der Waals surface area contributed by atoms with E-state index in [2.05, 4.69) is 37.9 Å². The van der Waals surface area contributed by atoms with Crippen molar-refractivity contribution in [3.8, 4) is 0 Å². The van der Waals surface area contributed by atoms with Crippen molar-refractivity contribution >= 4 is 51.7 Å². The summed E-state index contributed by atoms with van der Waals surface area (Å²) in [5.74, 6) is -0.359. The number of nitrogens with one attached hydrogen (secondary N) is 2. The molecular formula is C18H20FIN6OS. The summed E-state index contributed by atoms with van der Waals surface area (Å²) in [5, 5.41) is 11.5. The number of carbonyl (C=O) groups excluding carboxylic acids is 1. The number of thiophene rings is 1. The number of aromatic nitrogens is 2. The molecule has 0 saturated carbocycles. The summed E-state index contributed by atoms with van der Waals surface area (Å²) in [7, 11) is 1.61. The Morgan fingerprint density at radius 2 is 2.21 bits per heavy atom. The molecule has 2 aliphatic heterocycles. The van der Waals surface area contributed by atoms with Gasteiger partial charge in [0, 0.05) is 25.0 Å². The second-order valence-corrected chi connectivity index (χ2v) is 10.1. The lowest BCUT2D eigenvalue weighted by molar-refractivity contribution is -0.133. The zero-order chi connectivity index (χ0) is 20.2. The number of halogens is 2. The average Bonchev–Trinajstić information content (AvgIpc) is 3.27. The van der Waals surface area contributed by atoms with Crippen molar-refractivity contribution in [2.75, 3.05) is 25.0 Å². The van der Waals surface area contributed by atoms with Crippen molar-refractivity contribution in [2.45, 2.75) is 25.8 Å². The van der Waals surface area contributed by atoms with Crippen LogP contribution in [0.3, 0.4) is 0 Å². The van der Waals surface area contributed by atoms with Crippen molar-refractivity contribution in [1.82, 2.24) is 20.2 Å². The molecule has 148 valence electrons. The van der Waals surface area contributed by atoms with E-state index in [0.717, 1.165) is 7.76 Å². The van der Waals surface area contributed by atoms with Crippen LogP contribution in [0.2, 0.25) is 0 Å². The van der Waals surface area contributed by atoms with Crippen molar-refractivity contribution in [3.63, 3.8) is 0 Å². The number of nitrogens with zero attached hydrogens (tertiary/aromatic N) is 4. The minimum absolute atomic E-state index is 0.0805. The fourth-order valence-corrected chi connectivity index (χ4v) is 5.72. The van der Waals surface area contributed by atoms with Crippen LogP contribution in [0.25, 0.3) is 0 Å². The molecule has 10 heteroatoms. The van der Waals surface area contributed by atoms with Gasteiger partial charge in [-0.25, -0.2) is 14.4 Å². The lowest BCUT2D eigenvalue weighted by atomic mass is 9.83. The van der Waals surface area contributed by atoms with E-state index in [4.69, 9.17) is 5.41 Å². The molecule has 0 radical (unpaired) electrons. The molecular weight excluding hydrogens is 494 g/mol. The summed E-state index contributed by atoms with van der Waals surface area (Å²) in [4.78, 5) is 26.1. The van der Waals surface area contributed by atoms with Gasteiger partial charge in [0.15, 0.2) is 11.8 Å². The lowest BCUT2D eigenvalue weighted by Gasteiger charge is -2.42. The first-order valence-electron chi connectivity index (χ1n) is 8.95. The highest BCUT2D eigenvalue weighted by molar-refractivity contribution is 14.1. The third-order valence-electron chi connectivity index (χ3n) is 5.45. The SMILES string of the molecule is CCc1nc(N2C[C@H]3C(=O)N(C)C(=N)N[C@@]3(c3ccc(I)s3)C2)nc(C)c1F. The number of carbonyl (C=O) groups is 1. The minimum atomic E-state index is -0.715. The first-order chi connectivity index (χ1) is 13.3. The van der Waals surface area contributed by atoms with Crippen LogP contribution in [0.15, 0.2) is 12.1 Å². The molecule has 0 spiro atoms. The molecule has 2 saturated heterocycles. The highest BCUT2D eigenvalue weighted by atomic mass is 127. The molecule has 4 rings (SSSR count). The van der Waals surface area contributed by atoms with E-state index in [1.807, 2.05) is 24.0 Å². The zero-order valence-electron chi connectivity index (χ0n) is 15.7. The molecule has 28 heavy (non-hydrogen) atoms. The van der Waals surface area contributed by atoms with Crippen LogP contribution in [-0.4, -0.2) is 46.9 Å². The molecule has 0 aliphatic carbocycles. The molecule has 2 fully saturated rings. The van der Waals surface area contributed by atoms with Gasteiger partial charge in [0.2, 0.25) is 11.9 Å². The molecule has 2 aromatic heterocycles. The molecule has 0 aromatic carbocycles. The van der Waals surface area contributed by atoms with Crippen LogP contribution in [0.5, 0.6) is 0 Å². The molecule has 2 N–H and O–H groups in total. The van der Waals surface area contributed by atoms with Gasteiger partial charge < -0.3 is 10.2 Å². The number of rotatable bonds is 3. The number of amides is 1. The molecule has 2 aromatic rings. The van der Waals surface area contributed by atoms with Gasteiger partial charge in [0.05, 0.1) is 20.2 Å². The summed E-state index contributed by atoms with van der Waals surface area (Å²) in [6.07, 6.45) is 0.471. The standard InChI is InChI=1S/C18H20FIN6OS/c1-4-11-14(19)9(2)22-17(23-11)26-7-10-15(27)25(3)16(21)24-18(10,8-26)12-5-6-13(20)28-12/h5-6,10H,4,7-8H2,1-3H3,(H2,21,24)/t10-,18-/m0/s1. The number of guanidine groups is 1. The van der Waals surface area contributed by atoms with Gasteiger partial charge >= 0.3 is 0 Å². The number of fused-ring (bicyclic) bond motifs is 1. The quantitative estimate of drug-likeness (QED) is 0.616. The van der Waals surface area contributed by atoms with Crippen molar-refractivity contribution in [3.05, 3.63) is 37.1 Å². The van der Waals surface area contributed by atoms with E-state index in [-0.39, 0.29) is 23.6 Å². The van der Waals surface area contributed by atoms with Crippen LogP contribution < -0.4 is 10.2 Å². The van der Waals surface area contributed by atoms with Crippen LogP contribution in [0.4, 0.5) is 10.3 Å². The molecule has 0 unspecified atom stereocenters.